The van der Waals surface area contributed by atoms with E-state index < -0.39 is 0 Å². The van der Waals surface area contributed by atoms with Crippen LogP contribution in [0, 0.1) is 6.92 Å². The Balaban J connectivity index is 1.63. The summed E-state index contributed by atoms with van der Waals surface area (Å²) in [5.41, 5.74) is 2.59. The summed E-state index contributed by atoms with van der Waals surface area (Å²) in [5.74, 6) is 1.04. The van der Waals surface area contributed by atoms with Crippen molar-refractivity contribution < 1.29 is 9.21 Å². The molecule has 2 aromatic carbocycles. The summed E-state index contributed by atoms with van der Waals surface area (Å²) in [6, 6.07) is 16.6. The fourth-order valence-corrected chi connectivity index (χ4v) is 4.42. The molecule has 0 bridgehead atoms. The van der Waals surface area contributed by atoms with Crippen molar-refractivity contribution in [1.29, 1.82) is 0 Å². The molecule has 1 saturated heterocycles. The number of benzene rings is 2. The largest absolute Gasteiger partial charge is 0.457 e. The fraction of sp³-hybridized carbons (Fsp3) is 0.0476. The van der Waals surface area contributed by atoms with Gasteiger partial charge in [0.2, 0.25) is 0 Å². The molecule has 0 N–H and O–H groups in total. The van der Waals surface area contributed by atoms with Gasteiger partial charge in [-0.15, -0.1) is 0 Å². The first-order valence-electron chi connectivity index (χ1n) is 8.33. The van der Waals surface area contributed by atoms with Crippen molar-refractivity contribution in [2.75, 3.05) is 4.90 Å². The van der Waals surface area contributed by atoms with Gasteiger partial charge < -0.3 is 4.42 Å². The maximum Gasteiger partial charge on any atom is 0.270 e. The monoisotopic (exact) mass is 445 g/mol. The van der Waals surface area contributed by atoms with E-state index in [1.54, 1.807) is 29.2 Å². The third-order valence-electron chi connectivity index (χ3n) is 4.25. The molecule has 7 heteroatoms. The standard InChI is InChI=1S/C21H13Cl2NO2S2/c1-12-4-2-3-5-17(12)24-20(25)19(28-21(24)27)11-14-7-9-18(26-14)13-6-8-15(22)16(23)10-13/h2-11H,1H3/b19-11+. The summed E-state index contributed by atoms with van der Waals surface area (Å²) in [4.78, 5) is 15.0. The molecule has 0 saturated carbocycles. The lowest BCUT2D eigenvalue weighted by Crippen LogP contribution is -2.28. The quantitative estimate of drug-likeness (QED) is 0.321. The molecule has 0 unspecified atom stereocenters. The SMILES string of the molecule is Cc1ccccc1N1C(=O)/C(=C\c2ccc(-c3ccc(Cl)c(Cl)c3)o2)SC1=S. The molecule has 1 aliphatic heterocycles. The van der Waals surface area contributed by atoms with Gasteiger partial charge in [0.1, 0.15) is 11.5 Å². The van der Waals surface area contributed by atoms with Crippen molar-refractivity contribution in [2.45, 2.75) is 6.92 Å². The average molecular weight is 446 g/mol. The Labute approximate surface area is 181 Å². The molecule has 4 rings (SSSR count). The van der Waals surface area contributed by atoms with E-state index >= 15 is 0 Å². The number of aryl methyl sites for hydroxylation is 1. The first-order chi connectivity index (χ1) is 13.4. The number of furan rings is 1. The van der Waals surface area contributed by atoms with Gasteiger partial charge in [-0.05, 0) is 48.9 Å². The molecule has 0 spiro atoms. The molecule has 1 amide bonds. The van der Waals surface area contributed by atoms with Gasteiger partial charge >= 0.3 is 0 Å². The lowest BCUT2D eigenvalue weighted by molar-refractivity contribution is -0.113. The third kappa shape index (κ3) is 3.63. The Morgan fingerprint density at radius 1 is 1.07 bits per heavy atom. The number of carbonyl (C=O) groups excluding carboxylic acids is 1. The number of thiocarbonyl (C=S) groups is 1. The van der Waals surface area contributed by atoms with E-state index in [-0.39, 0.29) is 5.91 Å². The number of amides is 1. The smallest absolute Gasteiger partial charge is 0.270 e. The first kappa shape index (κ1) is 19.3. The number of hydrogen-bond donors (Lipinski definition) is 0. The van der Waals surface area contributed by atoms with E-state index in [1.165, 1.54) is 11.8 Å². The van der Waals surface area contributed by atoms with Gasteiger partial charge in [0.25, 0.3) is 5.91 Å². The number of thioether (sulfide) groups is 1. The lowest BCUT2D eigenvalue weighted by Gasteiger charge is -2.16. The highest BCUT2D eigenvalue weighted by atomic mass is 35.5. The topological polar surface area (TPSA) is 33.5 Å². The van der Waals surface area contributed by atoms with Crippen LogP contribution in [-0.2, 0) is 4.79 Å². The minimum atomic E-state index is -0.156. The predicted octanol–water partition coefficient (Wildman–Crippen LogP) is 6.97. The molecule has 140 valence electrons. The molecule has 0 radical (unpaired) electrons. The molecule has 0 aliphatic carbocycles. The molecule has 2 heterocycles. The maximum atomic E-state index is 12.9. The van der Waals surface area contributed by atoms with E-state index in [2.05, 4.69) is 0 Å². The van der Waals surface area contributed by atoms with Gasteiger partial charge in [-0.3, -0.25) is 9.69 Å². The molecule has 3 aromatic rings. The Bertz CT molecular complexity index is 1140. The molecule has 28 heavy (non-hydrogen) atoms. The second-order valence-electron chi connectivity index (χ2n) is 6.13. The van der Waals surface area contributed by atoms with Crippen LogP contribution in [0.15, 0.2) is 63.9 Å². The molecule has 1 aromatic heterocycles. The molecule has 0 atom stereocenters. The highest BCUT2D eigenvalue weighted by molar-refractivity contribution is 8.27. The highest BCUT2D eigenvalue weighted by Gasteiger charge is 2.34. The summed E-state index contributed by atoms with van der Waals surface area (Å²) >= 11 is 18.7. The van der Waals surface area contributed by atoms with Gasteiger partial charge in [-0.25, -0.2) is 0 Å². The minimum absolute atomic E-state index is 0.156. The zero-order chi connectivity index (χ0) is 19.8. The van der Waals surface area contributed by atoms with Crippen LogP contribution in [-0.4, -0.2) is 10.2 Å². The number of anilines is 1. The van der Waals surface area contributed by atoms with Gasteiger partial charge in [0, 0.05) is 11.6 Å². The van der Waals surface area contributed by atoms with Gasteiger partial charge in [0.15, 0.2) is 4.32 Å². The normalized spacial score (nSPS) is 15.7. The first-order valence-corrected chi connectivity index (χ1v) is 10.3. The number of halogens is 2. The number of rotatable bonds is 3. The van der Waals surface area contributed by atoms with E-state index in [0.29, 0.717) is 30.8 Å². The van der Waals surface area contributed by atoms with Crippen LogP contribution < -0.4 is 4.90 Å². The zero-order valence-electron chi connectivity index (χ0n) is 14.6. The van der Waals surface area contributed by atoms with E-state index in [9.17, 15) is 4.79 Å². The summed E-state index contributed by atoms with van der Waals surface area (Å²) < 4.78 is 6.37. The van der Waals surface area contributed by atoms with Crippen molar-refractivity contribution in [3.05, 3.63) is 80.9 Å². The van der Waals surface area contributed by atoms with Crippen molar-refractivity contribution in [3.8, 4) is 11.3 Å². The minimum Gasteiger partial charge on any atom is -0.457 e. The Kier molecular flexibility index (Phi) is 5.34. The van der Waals surface area contributed by atoms with Gasteiger partial charge in [-0.2, -0.15) is 0 Å². The number of nitrogens with zero attached hydrogens (tertiary/aromatic N) is 1. The summed E-state index contributed by atoms with van der Waals surface area (Å²) in [6.07, 6.45) is 1.71. The van der Waals surface area contributed by atoms with Crippen LogP contribution >= 0.6 is 47.2 Å². The van der Waals surface area contributed by atoms with Gasteiger partial charge in [0.05, 0.1) is 20.6 Å². The average Bonchev–Trinajstić information content (AvgIpc) is 3.23. The van der Waals surface area contributed by atoms with Crippen molar-refractivity contribution in [1.82, 2.24) is 0 Å². The molecule has 1 fully saturated rings. The Morgan fingerprint density at radius 3 is 2.61 bits per heavy atom. The van der Waals surface area contributed by atoms with E-state index in [1.807, 2.05) is 43.3 Å². The van der Waals surface area contributed by atoms with Crippen LogP contribution in [0.25, 0.3) is 17.4 Å². The molecule has 3 nitrogen and oxygen atoms in total. The van der Waals surface area contributed by atoms with Crippen molar-refractivity contribution >= 4 is 69.2 Å². The zero-order valence-corrected chi connectivity index (χ0v) is 17.8. The number of para-hydroxylation sites is 1. The fourth-order valence-electron chi connectivity index (χ4n) is 2.85. The van der Waals surface area contributed by atoms with Crippen LogP contribution in [0.4, 0.5) is 5.69 Å². The summed E-state index contributed by atoms with van der Waals surface area (Å²) in [7, 11) is 0. The molecular weight excluding hydrogens is 433 g/mol. The molecule has 1 aliphatic rings. The van der Waals surface area contributed by atoms with Crippen LogP contribution in [0.3, 0.4) is 0 Å². The highest BCUT2D eigenvalue weighted by Crippen LogP contribution is 2.38. The van der Waals surface area contributed by atoms with E-state index in [4.69, 9.17) is 39.8 Å². The lowest BCUT2D eigenvalue weighted by atomic mass is 10.2. The Morgan fingerprint density at radius 2 is 1.86 bits per heavy atom. The van der Waals surface area contributed by atoms with Crippen molar-refractivity contribution in [3.63, 3.8) is 0 Å². The number of carbonyl (C=O) groups is 1. The summed E-state index contributed by atoms with van der Waals surface area (Å²) in [6.45, 7) is 1.95. The van der Waals surface area contributed by atoms with Crippen molar-refractivity contribution in [2.24, 2.45) is 0 Å². The third-order valence-corrected chi connectivity index (χ3v) is 6.30. The Hall–Kier alpha value is -2.05. The predicted molar refractivity (Wildman–Crippen MR) is 121 cm³/mol. The number of hydrogen-bond acceptors (Lipinski definition) is 4. The maximum absolute atomic E-state index is 12.9. The van der Waals surface area contributed by atoms with E-state index in [0.717, 1.165) is 16.8 Å². The second kappa shape index (κ2) is 7.76. The van der Waals surface area contributed by atoms with Crippen LogP contribution in [0.5, 0.6) is 0 Å². The van der Waals surface area contributed by atoms with Crippen LogP contribution in [0.1, 0.15) is 11.3 Å². The molecular formula is C21H13Cl2NO2S2. The second-order valence-corrected chi connectivity index (χ2v) is 8.62. The van der Waals surface area contributed by atoms with Gasteiger partial charge in [-0.1, -0.05) is 65.4 Å². The summed E-state index contributed by atoms with van der Waals surface area (Å²) in [5, 5.41) is 0.938. The van der Waals surface area contributed by atoms with Crippen LogP contribution in [0.2, 0.25) is 10.0 Å².